The van der Waals surface area contributed by atoms with E-state index in [2.05, 4.69) is 10.2 Å². The number of rotatable bonds is 9. The lowest BCUT2D eigenvalue weighted by atomic mass is 10.1. The number of nitrogens with one attached hydrogen (secondary N) is 1. The zero-order valence-electron chi connectivity index (χ0n) is 20.2. The van der Waals surface area contributed by atoms with Crippen LogP contribution in [0.25, 0.3) is 0 Å². The Balaban J connectivity index is 1.37. The molecule has 0 radical (unpaired) electrons. The molecule has 35 heavy (non-hydrogen) atoms. The van der Waals surface area contributed by atoms with Crippen molar-refractivity contribution in [2.24, 2.45) is 0 Å². The third kappa shape index (κ3) is 6.37. The summed E-state index contributed by atoms with van der Waals surface area (Å²) >= 11 is 0. The molecule has 2 aromatic rings. The van der Waals surface area contributed by atoms with Gasteiger partial charge in [0.15, 0.2) is 19.0 Å². The smallest absolute Gasteiger partial charge is 0.265 e. The van der Waals surface area contributed by atoms with Crippen LogP contribution >= 0.6 is 0 Å². The predicted molar refractivity (Wildman–Crippen MR) is 130 cm³/mol. The second kappa shape index (κ2) is 11.3. The molecule has 1 N–H and O–H groups in total. The van der Waals surface area contributed by atoms with E-state index >= 15 is 0 Å². The molecule has 0 aromatic heterocycles. The number of fused-ring (bicyclic) bond motifs is 1. The fourth-order valence-corrected chi connectivity index (χ4v) is 3.96. The van der Waals surface area contributed by atoms with Gasteiger partial charge in [-0.2, -0.15) is 0 Å². The lowest BCUT2D eigenvalue weighted by Gasteiger charge is -2.29. The highest BCUT2D eigenvalue weighted by Gasteiger charge is 2.28. The van der Waals surface area contributed by atoms with Gasteiger partial charge < -0.3 is 19.5 Å². The van der Waals surface area contributed by atoms with E-state index in [9.17, 15) is 14.4 Å². The van der Waals surface area contributed by atoms with E-state index in [4.69, 9.17) is 14.2 Å². The Morgan fingerprint density at radius 2 is 1.86 bits per heavy atom. The molecule has 0 unspecified atom stereocenters. The number of amides is 2. The van der Waals surface area contributed by atoms with Crippen molar-refractivity contribution in [2.45, 2.75) is 13.8 Å². The molecule has 2 aliphatic heterocycles. The van der Waals surface area contributed by atoms with Crippen LogP contribution in [0.15, 0.2) is 36.4 Å². The van der Waals surface area contributed by atoms with E-state index in [0.717, 1.165) is 30.8 Å². The number of morpholine rings is 1. The summed E-state index contributed by atoms with van der Waals surface area (Å²) < 4.78 is 16.5. The molecule has 2 amide bonds. The van der Waals surface area contributed by atoms with Crippen LogP contribution in [0.4, 0.5) is 5.69 Å². The number of carbonyl (C=O) groups is 3. The maximum atomic E-state index is 12.8. The van der Waals surface area contributed by atoms with Gasteiger partial charge in [-0.05, 0) is 55.3 Å². The van der Waals surface area contributed by atoms with Crippen molar-refractivity contribution in [1.29, 1.82) is 0 Å². The van der Waals surface area contributed by atoms with Crippen molar-refractivity contribution in [3.63, 3.8) is 0 Å². The fraction of sp³-hybridized carbons (Fsp3) is 0.423. The van der Waals surface area contributed by atoms with Crippen LogP contribution in [0, 0.1) is 13.8 Å². The van der Waals surface area contributed by atoms with Gasteiger partial charge in [0, 0.05) is 31.7 Å². The number of benzene rings is 2. The summed E-state index contributed by atoms with van der Waals surface area (Å²) in [5.41, 5.74) is 3.01. The lowest BCUT2D eigenvalue weighted by Crippen LogP contribution is -2.47. The van der Waals surface area contributed by atoms with Crippen LogP contribution in [-0.2, 0) is 14.3 Å². The number of anilines is 1. The molecule has 0 aliphatic carbocycles. The van der Waals surface area contributed by atoms with Gasteiger partial charge in [0.25, 0.3) is 5.91 Å². The van der Waals surface area contributed by atoms with Crippen LogP contribution in [0.3, 0.4) is 0 Å². The topological polar surface area (TPSA) is 97.4 Å². The van der Waals surface area contributed by atoms with Crippen LogP contribution < -0.4 is 19.7 Å². The molecule has 2 aromatic carbocycles. The van der Waals surface area contributed by atoms with E-state index in [1.54, 1.807) is 18.2 Å². The standard InChI is InChI=1S/C26H31N3O6/c1-18-3-5-21(13-19(18)2)34-16-23(30)20-4-6-24-22(14-20)29(26(32)17-35-24)15-25(31)27-7-8-28-9-11-33-12-10-28/h3-6,13-14H,7-12,15-17H2,1-2H3,(H,27,31). The molecule has 0 spiro atoms. The third-order valence-corrected chi connectivity index (χ3v) is 6.23. The van der Waals surface area contributed by atoms with Gasteiger partial charge in [0.05, 0.1) is 18.9 Å². The number of Topliss-reactive ketones (excluding diaryl/α,β-unsaturated/α-hetero) is 1. The highest BCUT2D eigenvalue weighted by molar-refractivity contribution is 6.04. The molecule has 0 atom stereocenters. The van der Waals surface area contributed by atoms with Gasteiger partial charge in [-0.15, -0.1) is 0 Å². The molecule has 2 aliphatic rings. The van der Waals surface area contributed by atoms with Crippen molar-refractivity contribution in [3.05, 3.63) is 53.1 Å². The summed E-state index contributed by atoms with van der Waals surface area (Å²) in [6, 6.07) is 10.5. The highest BCUT2D eigenvalue weighted by Crippen LogP contribution is 2.33. The predicted octanol–water partition coefficient (Wildman–Crippen LogP) is 1.74. The van der Waals surface area contributed by atoms with Gasteiger partial charge in [0.1, 0.15) is 18.0 Å². The van der Waals surface area contributed by atoms with Gasteiger partial charge in [0.2, 0.25) is 5.91 Å². The average Bonchev–Trinajstić information content (AvgIpc) is 2.86. The molecule has 2 heterocycles. The zero-order chi connectivity index (χ0) is 24.8. The van der Waals surface area contributed by atoms with Gasteiger partial charge in [-0.25, -0.2) is 0 Å². The molecular weight excluding hydrogens is 450 g/mol. The quantitative estimate of drug-likeness (QED) is 0.545. The summed E-state index contributed by atoms with van der Waals surface area (Å²) in [6.45, 7) is 7.84. The number of aryl methyl sites for hydroxylation is 2. The van der Waals surface area contributed by atoms with E-state index in [0.29, 0.717) is 42.5 Å². The molecule has 0 bridgehead atoms. The van der Waals surface area contributed by atoms with Gasteiger partial charge >= 0.3 is 0 Å². The Bertz CT molecular complexity index is 1100. The molecule has 1 fully saturated rings. The van der Waals surface area contributed by atoms with Gasteiger partial charge in [-0.1, -0.05) is 6.07 Å². The van der Waals surface area contributed by atoms with Gasteiger partial charge in [-0.3, -0.25) is 24.2 Å². The van der Waals surface area contributed by atoms with Crippen LogP contribution in [-0.4, -0.2) is 81.6 Å². The largest absolute Gasteiger partial charge is 0.485 e. The fourth-order valence-electron chi connectivity index (χ4n) is 3.96. The van der Waals surface area contributed by atoms with Crippen molar-refractivity contribution in [3.8, 4) is 11.5 Å². The lowest BCUT2D eigenvalue weighted by molar-refractivity contribution is -0.125. The maximum absolute atomic E-state index is 12.8. The summed E-state index contributed by atoms with van der Waals surface area (Å²) in [4.78, 5) is 41.5. The Hall–Kier alpha value is -3.43. The monoisotopic (exact) mass is 481 g/mol. The second-order valence-corrected chi connectivity index (χ2v) is 8.71. The Morgan fingerprint density at radius 3 is 2.63 bits per heavy atom. The normalized spacial score (nSPS) is 15.8. The second-order valence-electron chi connectivity index (χ2n) is 8.71. The van der Waals surface area contributed by atoms with E-state index < -0.39 is 0 Å². The zero-order valence-corrected chi connectivity index (χ0v) is 20.2. The number of hydrogen-bond donors (Lipinski definition) is 1. The number of ketones is 1. The summed E-state index contributed by atoms with van der Waals surface area (Å²) in [7, 11) is 0. The summed E-state index contributed by atoms with van der Waals surface area (Å²) in [6.07, 6.45) is 0. The number of carbonyl (C=O) groups excluding carboxylic acids is 3. The first-order chi connectivity index (χ1) is 16.9. The molecule has 9 nitrogen and oxygen atoms in total. The van der Waals surface area contributed by atoms with Crippen molar-refractivity contribution in [1.82, 2.24) is 10.2 Å². The molecule has 4 rings (SSSR count). The van der Waals surface area contributed by atoms with Crippen molar-refractivity contribution in [2.75, 3.05) is 64.1 Å². The Kier molecular flexibility index (Phi) is 7.99. The first kappa shape index (κ1) is 24.7. The van der Waals surface area contributed by atoms with Crippen molar-refractivity contribution >= 4 is 23.3 Å². The molecule has 9 heteroatoms. The SMILES string of the molecule is Cc1ccc(OCC(=O)c2ccc3c(c2)N(CC(=O)NCCN2CCOCC2)C(=O)CO3)cc1C. The van der Waals surface area contributed by atoms with Crippen LogP contribution in [0.1, 0.15) is 21.5 Å². The molecule has 0 saturated carbocycles. The number of nitrogens with zero attached hydrogens (tertiary/aromatic N) is 2. The van der Waals surface area contributed by atoms with Crippen LogP contribution in [0.5, 0.6) is 11.5 Å². The first-order valence-electron chi connectivity index (χ1n) is 11.8. The van der Waals surface area contributed by atoms with E-state index in [-0.39, 0.29) is 37.4 Å². The third-order valence-electron chi connectivity index (χ3n) is 6.23. The summed E-state index contributed by atoms with van der Waals surface area (Å²) in [5, 5.41) is 2.87. The van der Waals surface area contributed by atoms with E-state index in [1.807, 2.05) is 32.0 Å². The average molecular weight is 482 g/mol. The minimum atomic E-state index is -0.336. The number of hydrogen-bond acceptors (Lipinski definition) is 7. The number of ether oxygens (including phenoxy) is 3. The minimum Gasteiger partial charge on any atom is -0.485 e. The first-order valence-corrected chi connectivity index (χ1v) is 11.8. The van der Waals surface area contributed by atoms with Crippen molar-refractivity contribution < 1.29 is 28.6 Å². The Labute approximate surface area is 204 Å². The maximum Gasteiger partial charge on any atom is 0.265 e. The highest BCUT2D eigenvalue weighted by atomic mass is 16.5. The molecule has 1 saturated heterocycles. The molecule has 186 valence electrons. The Morgan fingerprint density at radius 1 is 1.06 bits per heavy atom. The van der Waals surface area contributed by atoms with E-state index in [1.165, 1.54) is 4.90 Å². The summed E-state index contributed by atoms with van der Waals surface area (Å²) in [5.74, 6) is 0.232. The molecular formula is C26H31N3O6. The van der Waals surface area contributed by atoms with Crippen LogP contribution in [0.2, 0.25) is 0 Å². The minimum absolute atomic E-state index is 0.141.